The molecule has 1 aliphatic rings. The number of aryl methyl sites for hydroxylation is 1. The summed E-state index contributed by atoms with van der Waals surface area (Å²) < 4.78 is 10.1. The van der Waals surface area contributed by atoms with Crippen molar-refractivity contribution in [3.63, 3.8) is 0 Å². The minimum atomic E-state index is -0.736. The van der Waals surface area contributed by atoms with Crippen molar-refractivity contribution in [1.29, 1.82) is 0 Å². The van der Waals surface area contributed by atoms with Gasteiger partial charge in [-0.15, -0.1) is 0 Å². The highest BCUT2D eigenvalue weighted by Crippen LogP contribution is 2.41. The van der Waals surface area contributed by atoms with Gasteiger partial charge in [0.2, 0.25) is 0 Å². The summed E-state index contributed by atoms with van der Waals surface area (Å²) in [6, 6.07) is 17.8. The fourth-order valence-corrected chi connectivity index (χ4v) is 5.44. The van der Waals surface area contributed by atoms with Gasteiger partial charge < -0.3 is 14.8 Å². The third-order valence-electron chi connectivity index (χ3n) is 6.02. The lowest BCUT2D eigenvalue weighted by molar-refractivity contribution is -0.143. The van der Waals surface area contributed by atoms with Gasteiger partial charge in [-0.25, -0.2) is 9.78 Å². The Morgan fingerprint density at radius 2 is 1.71 bits per heavy atom. The molecule has 2 heterocycles. The van der Waals surface area contributed by atoms with Gasteiger partial charge in [-0.1, -0.05) is 53.8 Å². The van der Waals surface area contributed by atoms with Crippen LogP contribution in [0.5, 0.6) is 0 Å². The molecule has 0 fully saturated rings. The van der Waals surface area contributed by atoms with Crippen molar-refractivity contribution in [2.24, 2.45) is 10.9 Å². The summed E-state index contributed by atoms with van der Waals surface area (Å²) in [5.74, 6) is -2.29. The smallest absolute Gasteiger partial charge is 0.336 e. The molecule has 1 N–H and O–H groups in total. The predicted molar refractivity (Wildman–Crippen MR) is 138 cm³/mol. The first-order valence-corrected chi connectivity index (χ1v) is 12.0. The van der Waals surface area contributed by atoms with Crippen LogP contribution in [0.4, 0.5) is 10.8 Å². The number of nitrogens with one attached hydrogen (secondary N) is 1. The van der Waals surface area contributed by atoms with Crippen molar-refractivity contribution in [2.75, 3.05) is 19.5 Å². The van der Waals surface area contributed by atoms with E-state index in [1.165, 1.54) is 14.2 Å². The largest absolute Gasteiger partial charge is 0.468 e. The summed E-state index contributed by atoms with van der Waals surface area (Å²) in [6.07, 6.45) is 0. The van der Waals surface area contributed by atoms with Crippen LogP contribution in [0.3, 0.4) is 0 Å². The first kappa shape index (κ1) is 24.3. The number of hydrogen-bond donors (Lipinski definition) is 1. The zero-order valence-corrected chi connectivity index (χ0v) is 21.1. The summed E-state index contributed by atoms with van der Waals surface area (Å²) in [4.78, 5) is 35.8. The van der Waals surface area contributed by atoms with E-state index in [-0.39, 0.29) is 0 Å². The number of anilines is 2. The fourth-order valence-electron chi connectivity index (χ4n) is 4.45. The molecule has 2 atom stereocenters. The van der Waals surface area contributed by atoms with E-state index in [9.17, 15) is 9.59 Å². The van der Waals surface area contributed by atoms with E-state index in [2.05, 4.69) is 22.4 Å². The number of carbonyl (C=O) groups is 2. The maximum absolute atomic E-state index is 12.8. The van der Waals surface area contributed by atoms with Crippen molar-refractivity contribution < 1.29 is 19.1 Å². The molecule has 0 saturated carbocycles. The van der Waals surface area contributed by atoms with Crippen LogP contribution >= 0.6 is 11.3 Å². The summed E-state index contributed by atoms with van der Waals surface area (Å²) in [7, 11) is 2.66. The second-order valence-electron chi connectivity index (χ2n) is 8.27. The van der Waals surface area contributed by atoms with Crippen LogP contribution in [0.15, 0.2) is 70.9 Å². The molecule has 1 aromatic heterocycles. The molecule has 180 valence electrons. The average Bonchev–Trinajstić information content (AvgIpc) is 3.23. The molecule has 35 heavy (non-hydrogen) atoms. The van der Waals surface area contributed by atoms with Gasteiger partial charge in [0, 0.05) is 23.0 Å². The number of carbonyl (C=O) groups excluding carboxylic acids is 2. The maximum atomic E-state index is 12.8. The Labute approximate surface area is 208 Å². The van der Waals surface area contributed by atoms with Crippen LogP contribution < -0.4 is 5.32 Å². The Kier molecular flexibility index (Phi) is 7.12. The Hall–Kier alpha value is -3.78. The number of hydrogen-bond acceptors (Lipinski definition) is 8. The number of ether oxygens (including phenoxy) is 2. The van der Waals surface area contributed by atoms with E-state index in [0.717, 1.165) is 32.5 Å². The van der Waals surface area contributed by atoms with E-state index < -0.39 is 23.8 Å². The van der Waals surface area contributed by atoms with Gasteiger partial charge in [0.15, 0.2) is 5.13 Å². The van der Waals surface area contributed by atoms with Gasteiger partial charge in [0.05, 0.1) is 30.4 Å². The molecule has 0 spiro atoms. The number of allylic oxidation sites excluding steroid dienone is 1. The van der Waals surface area contributed by atoms with Crippen LogP contribution in [0, 0.1) is 12.8 Å². The number of esters is 2. The van der Waals surface area contributed by atoms with E-state index in [1.54, 1.807) is 25.2 Å². The molecule has 0 saturated heterocycles. The summed E-state index contributed by atoms with van der Waals surface area (Å²) in [6.45, 7) is 5.52. The van der Waals surface area contributed by atoms with Crippen molar-refractivity contribution >= 4 is 39.8 Å². The molecule has 0 bridgehead atoms. The second-order valence-corrected chi connectivity index (χ2v) is 9.27. The Bertz CT molecular complexity index is 1330. The van der Waals surface area contributed by atoms with Gasteiger partial charge in [-0.05, 0) is 44.0 Å². The van der Waals surface area contributed by atoms with Gasteiger partial charge in [0.1, 0.15) is 5.92 Å². The monoisotopic (exact) mass is 489 g/mol. The van der Waals surface area contributed by atoms with Gasteiger partial charge in [-0.3, -0.25) is 9.79 Å². The highest BCUT2D eigenvalue weighted by atomic mass is 32.1. The third kappa shape index (κ3) is 4.88. The maximum Gasteiger partial charge on any atom is 0.336 e. The number of benzene rings is 2. The lowest BCUT2D eigenvalue weighted by Gasteiger charge is -2.31. The summed E-state index contributed by atoms with van der Waals surface area (Å²) in [5.41, 5.74) is 5.09. The quantitative estimate of drug-likeness (QED) is 0.450. The molecule has 0 radical (unpaired) electrons. The minimum absolute atomic E-state index is 0.349. The van der Waals surface area contributed by atoms with E-state index in [4.69, 9.17) is 14.5 Å². The topological polar surface area (TPSA) is 89.9 Å². The Morgan fingerprint density at radius 1 is 0.971 bits per heavy atom. The Morgan fingerprint density at radius 3 is 2.40 bits per heavy atom. The lowest BCUT2D eigenvalue weighted by Crippen LogP contribution is -2.36. The van der Waals surface area contributed by atoms with Crippen molar-refractivity contribution in [1.82, 2.24) is 4.98 Å². The molecule has 3 aromatic rings. The normalized spacial score (nSPS) is 17.6. The number of thiazole rings is 1. The van der Waals surface area contributed by atoms with Crippen LogP contribution in [0.25, 0.3) is 10.4 Å². The molecule has 0 amide bonds. The molecule has 4 rings (SSSR count). The van der Waals surface area contributed by atoms with Crippen LogP contribution in [-0.4, -0.2) is 36.9 Å². The summed E-state index contributed by atoms with van der Waals surface area (Å²) >= 11 is 1.57. The van der Waals surface area contributed by atoms with E-state index in [0.29, 0.717) is 17.0 Å². The molecule has 1 aliphatic heterocycles. The highest BCUT2D eigenvalue weighted by Gasteiger charge is 2.42. The molecule has 2 unspecified atom stereocenters. The van der Waals surface area contributed by atoms with Crippen molar-refractivity contribution in [3.8, 4) is 10.4 Å². The number of nitrogens with zero attached hydrogens (tertiary/aromatic N) is 2. The number of methoxy groups -OCH3 is 2. The van der Waals surface area contributed by atoms with Crippen molar-refractivity contribution in [2.45, 2.75) is 26.7 Å². The number of aliphatic imine (C=N–C) groups is 1. The van der Waals surface area contributed by atoms with Gasteiger partial charge in [-0.2, -0.15) is 0 Å². The zero-order valence-electron chi connectivity index (χ0n) is 20.3. The zero-order chi connectivity index (χ0) is 25.1. The number of aromatic nitrogens is 1. The van der Waals surface area contributed by atoms with E-state index in [1.807, 2.05) is 49.4 Å². The van der Waals surface area contributed by atoms with Gasteiger partial charge in [0.25, 0.3) is 0 Å². The number of rotatable bonds is 6. The van der Waals surface area contributed by atoms with Crippen LogP contribution in [0.1, 0.15) is 31.0 Å². The first-order chi connectivity index (χ1) is 16.8. The second kappa shape index (κ2) is 10.2. The molecule has 8 heteroatoms. The average molecular weight is 490 g/mol. The molecular weight excluding hydrogens is 462 g/mol. The highest BCUT2D eigenvalue weighted by molar-refractivity contribution is 7.19. The first-order valence-electron chi connectivity index (χ1n) is 11.2. The molecule has 0 aliphatic carbocycles. The van der Waals surface area contributed by atoms with Crippen molar-refractivity contribution in [3.05, 3.63) is 77.1 Å². The molecule has 7 nitrogen and oxygen atoms in total. The van der Waals surface area contributed by atoms with Crippen LogP contribution in [-0.2, 0) is 19.1 Å². The SMILES string of the molecule is COC(=O)C1=C(C)N=C(C)C(C(=O)OC)C1c1cccc(Nc2nc(C)c(-c3ccccc3)s2)c1. The third-order valence-corrected chi connectivity index (χ3v) is 7.14. The summed E-state index contributed by atoms with van der Waals surface area (Å²) in [5, 5.41) is 4.14. The fraction of sp³-hybridized carbons (Fsp3) is 0.259. The molecular formula is C27H27N3O4S. The minimum Gasteiger partial charge on any atom is -0.468 e. The van der Waals surface area contributed by atoms with Crippen LogP contribution in [0.2, 0.25) is 0 Å². The lowest BCUT2D eigenvalue weighted by atomic mass is 9.75. The Balaban J connectivity index is 1.72. The predicted octanol–water partition coefficient (Wildman–Crippen LogP) is 5.66. The van der Waals surface area contributed by atoms with Gasteiger partial charge >= 0.3 is 11.9 Å². The van der Waals surface area contributed by atoms with E-state index >= 15 is 0 Å². The standard InChI is InChI=1S/C27H27N3O4S/c1-15-21(25(31)33-4)23(22(16(2)28-15)26(32)34-5)19-12-9-13-20(14-19)30-27-29-17(3)24(35-27)18-10-7-6-8-11-18/h6-14,21,23H,1-5H3,(H,29,30). The molecule has 2 aromatic carbocycles.